The van der Waals surface area contributed by atoms with Crippen LogP contribution < -0.4 is 15.0 Å². The van der Waals surface area contributed by atoms with Gasteiger partial charge in [-0.1, -0.05) is 13.8 Å². The zero-order valence-corrected chi connectivity index (χ0v) is 21.4. The van der Waals surface area contributed by atoms with Crippen LogP contribution in [0.5, 0.6) is 5.75 Å². The fourth-order valence-electron chi connectivity index (χ4n) is 4.33. The quantitative estimate of drug-likeness (QED) is 0.426. The highest BCUT2D eigenvalue weighted by Crippen LogP contribution is 2.39. The standard InChI is InChI=1S/C27H37N5O3/c1-18(28)20(15-29-5)8-13-35-21-6-7-24(31-16-21)23-17-30-19(2)22(14-25(33)34)26(23)32-11-9-27(3,4)10-12-32/h6-7,15-17,28-29H,8-14H2,1-5H3,(H,33,34)/b20-15-,28-18?. The number of rotatable bonds is 10. The van der Waals surface area contributed by atoms with E-state index in [2.05, 4.69) is 34.0 Å². The molecule has 3 rings (SSSR count). The number of ether oxygens (including phenoxy) is 1. The lowest BCUT2D eigenvalue weighted by atomic mass is 9.82. The van der Waals surface area contributed by atoms with E-state index < -0.39 is 5.97 Å². The molecular weight excluding hydrogens is 442 g/mol. The van der Waals surface area contributed by atoms with Crippen LogP contribution in [0.15, 0.2) is 36.3 Å². The Bertz CT molecular complexity index is 1080. The molecule has 0 aromatic carbocycles. The summed E-state index contributed by atoms with van der Waals surface area (Å²) < 4.78 is 5.86. The maximum Gasteiger partial charge on any atom is 0.307 e. The van der Waals surface area contributed by atoms with Crippen LogP contribution in [0.2, 0.25) is 0 Å². The molecule has 8 heteroatoms. The molecule has 35 heavy (non-hydrogen) atoms. The summed E-state index contributed by atoms with van der Waals surface area (Å²) >= 11 is 0. The number of nitrogens with one attached hydrogen (secondary N) is 2. The topological polar surface area (TPSA) is 111 Å². The van der Waals surface area contributed by atoms with Crippen LogP contribution in [0.25, 0.3) is 11.3 Å². The van der Waals surface area contributed by atoms with E-state index in [1.54, 1.807) is 19.3 Å². The van der Waals surface area contributed by atoms with E-state index in [4.69, 9.17) is 10.1 Å². The average molecular weight is 480 g/mol. The highest BCUT2D eigenvalue weighted by atomic mass is 16.5. The number of aromatic nitrogens is 2. The molecule has 3 N–H and O–H groups in total. The molecule has 0 saturated carbocycles. The smallest absolute Gasteiger partial charge is 0.307 e. The third kappa shape index (κ3) is 6.81. The van der Waals surface area contributed by atoms with E-state index >= 15 is 0 Å². The van der Waals surface area contributed by atoms with Crippen molar-refractivity contribution in [3.05, 3.63) is 47.6 Å². The predicted molar refractivity (Wildman–Crippen MR) is 139 cm³/mol. The van der Waals surface area contributed by atoms with Gasteiger partial charge in [-0.25, -0.2) is 0 Å². The highest BCUT2D eigenvalue weighted by molar-refractivity contribution is 5.95. The first kappa shape index (κ1) is 26.2. The number of piperidine rings is 1. The van der Waals surface area contributed by atoms with Gasteiger partial charge >= 0.3 is 5.97 Å². The van der Waals surface area contributed by atoms with Crippen molar-refractivity contribution in [1.82, 2.24) is 15.3 Å². The maximum atomic E-state index is 11.7. The van der Waals surface area contributed by atoms with E-state index in [1.807, 2.05) is 32.3 Å². The van der Waals surface area contributed by atoms with Crippen molar-refractivity contribution in [3.63, 3.8) is 0 Å². The molecule has 2 aromatic rings. The summed E-state index contributed by atoms with van der Waals surface area (Å²) in [4.78, 5) is 23.2. The summed E-state index contributed by atoms with van der Waals surface area (Å²) in [6, 6.07) is 3.77. The molecule has 2 aromatic heterocycles. The van der Waals surface area contributed by atoms with Crippen LogP contribution >= 0.6 is 0 Å². The summed E-state index contributed by atoms with van der Waals surface area (Å²) in [5.41, 5.74) is 5.68. The third-order valence-electron chi connectivity index (χ3n) is 6.58. The second kappa shape index (κ2) is 11.3. The SMILES string of the molecule is CN/C=C(/CCOc1ccc(-c2cnc(C)c(CC(=O)O)c2N2CCC(C)(C)CC2)nc1)C(C)=N. The predicted octanol–water partition coefficient (Wildman–Crippen LogP) is 4.62. The third-order valence-corrected chi connectivity index (χ3v) is 6.58. The fraction of sp³-hybridized carbons (Fsp3) is 0.481. The van der Waals surface area contributed by atoms with Crippen molar-refractivity contribution < 1.29 is 14.6 Å². The Morgan fingerprint density at radius 3 is 2.54 bits per heavy atom. The summed E-state index contributed by atoms with van der Waals surface area (Å²) in [7, 11) is 1.81. The molecule has 1 saturated heterocycles. The molecule has 0 aliphatic carbocycles. The summed E-state index contributed by atoms with van der Waals surface area (Å²) in [6.45, 7) is 10.4. The first-order chi connectivity index (χ1) is 16.6. The Morgan fingerprint density at radius 1 is 1.26 bits per heavy atom. The van der Waals surface area contributed by atoms with E-state index in [1.165, 1.54) is 0 Å². The van der Waals surface area contributed by atoms with Gasteiger partial charge in [0.2, 0.25) is 0 Å². The molecular formula is C27H37N5O3. The van der Waals surface area contributed by atoms with Gasteiger partial charge in [0, 0.05) is 61.5 Å². The number of anilines is 1. The minimum atomic E-state index is -0.866. The number of carboxylic acids is 1. The van der Waals surface area contributed by atoms with E-state index in [-0.39, 0.29) is 11.8 Å². The zero-order chi connectivity index (χ0) is 25.6. The van der Waals surface area contributed by atoms with Crippen molar-refractivity contribution >= 4 is 17.4 Å². The Morgan fingerprint density at radius 2 is 1.97 bits per heavy atom. The second-order valence-corrected chi connectivity index (χ2v) is 9.87. The summed E-state index contributed by atoms with van der Waals surface area (Å²) in [5.74, 6) is -0.221. The molecule has 0 unspecified atom stereocenters. The minimum absolute atomic E-state index is 0.0714. The van der Waals surface area contributed by atoms with Crippen LogP contribution in [0, 0.1) is 17.7 Å². The molecule has 8 nitrogen and oxygen atoms in total. The molecule has 0 radical (unpaired) electrons. The lowest BCUT2D eigenvalue weighted by molar-refractivity contribution is -0.136. The molecule has 1 aliphatic heterocycles. The number of carbonyl (C=O) groups is 1. The average Bonchev–Trinajstić information content (AvgIpc) is 2.80. The largest absolute Gasteiger partial charge is 0.492 e. The van der Waals surface area contributed by atoms with Crippen LogP contribution in [-0.2, 0) is 11.2 Å². The molecule has 0 spiro atoms. The molecule has 0 bridgehead atoms. The lowest BCUT2D eigenvalue weighted by Crippen LogP contribution is -2.38. The van der Waals surface area contributed by atoms with Crippen LogP contribution in [0.3, 0.4) is 0 Å². The Balaban J connectivity index is 1.86. The van der Waals surface area contributed by atoms with Crippen molar-refractivity contribution in [2.75, 3.05) is 31.6 Å². The normalized spacial score (nSPS) is 15.6. The monoisotopic (exact) mass is 479 g/mol. The number of hydrogen-bond donors (Lipinski definition) is 3. The number of nitrogens with zero attached hydrogens (tertiary/aromatic N) is 3. The van der Waals surface area contributed by atoms with Gasteiger partial charge < -0.3 is 25.5 Å². The Hall–Kier alpha value is -3.42. The molecule has 0 amide bonds. The van der Waals surface area contributed by atoms with Crippen LogP contribution in [0.1, 0.15) is 51.3 Å². The highest BCUT2D eigenvalue weighted by Gasteiger charge is 2.29. The Kier molecular flexibility index (Phi) is 8.48. The van der Waals surface area contributed by atoms with Gasteiger partial charge in [0.1, 0.15) is 5.75 Å². The number of aliphatic carboxylic acids is 1. The fourth-order valence-corrected chi connectivity index (χ4v) is 4.33. The molecule has 1 aliphatic rings. The van der Waals surface area contributed by atoms with Gasteiger partial charge in [-0.05, 0) is 49.8 Å². The van der Waals surface area contributed by atoms with Gasteiger partial charge in [-0.15, -0.1) is 0 Å². The molecule has 1 fully saturated rings. The number of aryl methyl sites for hydroxylation is 1. The van der Waals surface area contributed by atoms with Crippen LogP contribution in [0.4, 0.5) is 5.69 Å². The number of pyridine rings is 2. The van der Waals surface area contributed by atoms with E-state index in [0.717, 1.165) is 59.7 Å². The second-order valence-electron chi connectivity index (χ2n) is 9.87. The van der Waals surface area contributed by atoms with Crippen molar-refractivity contribution in [3.8, 4) is 17.0 Å². The molecule has 3 heterocycles. The van der Waals surface area contributed by atoms with Crippen LogP contribution in [-0.4, -0.2) is 53.5 Å². The Labute approximate surface area is 208 Å². The first-order valence-corrected chi connectivity index (χ1v) is 12.1. The molecule has 0 atom stereocenters. The number of hydrogen-bond acceptors (Lipinski definition) is 7. The van der Waals surface area contributed by atoms with Crippen molar-refractivity contribution in [2.24, 2.45) is 5.41 Å². The van der Waals surface area contributed by atoms with Gasteiger partial charge in [0.25, 0.3) is 0 Å². The number of carboxylic acid groups (broad SMARTS) is 1. The van der Waals surface area contributed by atoms with E-state index in [0.29, 0.717) is 24.5 Å². The van der Waals surface area contributed by atoms with Gasteiger partial charge in [0.05, 0.1) is 30.6 Å². The zero-order valence-electron chi connectivity index (χ0n) is 21.4. The first-order valence-electron chi connectivity index (χ1n) is 12.1. The van der Waals surface area contributed by atoms with Gasteiger partial charge in [0.15, 0.2) is 0 Å². The summed E-state index contributed by atoms with van der Waals surface area (Å²) in [5, 5.41) is 20.4. The minimum Gasteiger partial charge on any atom is -0.492 e. The van der Waals surface area contributed by atoms with Gasteiger partial charge in [-0.3, -0.25) is 14.8 Å². The van der Waals surface area contributed by atoms with Crippen molar-refractivity contribution in [2.45, 2.75) is 53.4 Å². The van der Waals surface area contributed by atoms with Crippen molar-refractivity contribution in [1.29, 1.82) is 5.41 Å². The van der Waals surface area contributed by atoms with Gasteiger partial charge in [-0.2, -0.15) is 0 Å². The summed E-state index contributed by atoms with van der Waals surface area (Å²) in [6.07, 6.45) is 7.94. The molecule has 188 valence electrons. The maximum absolute atomic E-state index is 11.7. The van der Waals surface area contributed by atoms with E-state index in [9.17, 15) is 9.90 Å². The lowest BCUT2D eigenvalue weighted by Gasteiger charge is -2.40.